The highest BCUT2D eigenvalue weighted by molar-refractivity contribution is 7.80. The Morgan fingerprint density at radius 1 is 1.50 bits per heavy atom. The van der Waals surface area contributed by atoms with Gasteiger partial charge in [-0.3, -0.25) is 5.84 Å². The normalized spacial score (nSPS) is 9.40. The third-order valence-electron chi connectivity index (χ3n) is 1.16. The smallest absolute Gasteiger partial charge is 0.141 e. The van der Waals surface area contributed by atoms with Crippen LogP contribution in [0.4, 0.5) is 5.69 Å². The van der Waals surface area contributed by atoms with Gasteiger partial charge >= 0.3 is 0 Å². The number of para-hydroxylation sites is 1. The van der Waals surface area contributed by atoms with Crippen LogP contribution >= 0.6 is 12.6 Å². The van der Waals surface area contributed by atoms with E-state index < -0.39 is 0 Å². The second-order valence-electron chi connectivity index (χ2n) is 1.82. The molecule has 0 unspecified atom stereocenters. The Morgan fingerprint density at radius 2 is 2.20 bits per heavy atom. The molecule has 0 aliphatic heterocycles. The molecule has 1 aromatic carbocycles. The van der Waals surface area contributed by atoms with E-state index >= 15 is 0 Å². The summed E-state index contributed by atoms with van der Waals surface area (Å²) in [5.74, 6) is 5.20. The number of hydrogen-bond acceptors (Lipinski definition) is 4. The largest absolute Gasteiger partial charge is 0.506 e. The second kappa shape index (κ2) is 2.81. The van der Waals surface area contributed by atoms with E-state index in [0.717, 1.165) is 0 Å². The molecule has 0 radical (unpaired) electrons. The zero-order valence-electron chi connectivity index (χ0n) is 5.20. The molecule has 0 aliphatic carbocycles. The molecule has 0 saturated heterocycles. The lowest BCUT2D eigenvalue weighted by Crippen LogP contribution is -2.07. The van der Waals surface area contributed by atoms with Crippen LogP contribution in [0.5, 0.6) is 5.75 Å². The van der Waals surface area contributed by atoms with Crippen molar-refractivity contribution in [2.24, 2.45) is 5.84 Å². The van der Waals surface area contributed by atoms with Crippen molar-refractivity contribution < 1.29 is 5.11 Å². The van der Waals surface area contributed by atoms with Gasteiger partial charge in [-0.1, -0.05) is 6.07 Å². The Hall–Kier alpha value is -0.870. The summed E-state index contributed by atoms with van der Waals surface area (Å²) in [7, 11) is 0. The summed E-state index contributed by atoms with van der Waals surface area (Å²) in [6, 6.07) is 4.96. The summed E-state index contributed by atoms with van der Waals surface area (Å²) in [6.45, 7) is 0. The average molecular weight is 156 g/mol. The molecule has 0 aromatic heterocycles. The molecule has 3 nitrogen and oxygen atoms in total. The molecular formula is C6H8N2OS. The highest BCUT2D eigenvalue weighted by atomic mass is 32.1. The lowest BCUT2D eigenvalue weighted by Gasteiger charge is -2.04. The summed E-state index contributed by atoms with van der Waals surface area (Å²) in [6.07, 6.45) is 0. The third kappa shape index (κ3) is 1.17. The molecule has 54 valence electrons. The Kier molecular flexibility index (Phi) is 2.03. The van der Waals surface area contributed by atoms with Crippen molar-refractivity contribution in [3.63, 3.8) is 0 Å². The number of anilines is 1. The Labute approximate surface area is 64.2 Å². The molecule has 4 N–H and O–H groups in total. The van der Waals surface area contributed by atoms with E-state index in [9.17, 15) is 0 Å². The van der Waals surface area contributed by atoms with Crippen LogP contribution < -0.4 is 11.3 Å². The lowest BCUT2D eigenvalue weighted by atomic mass is 10.3. The van der Waals surface area contributed by atoms with E-state index in [1.807, 2.05) is 0 Å². The van der Waals surface area contributed by atoms with Crippen LogP contribution in [0.3, 0.4) is 0 Å². The average Bonchev–Trinajstić information content (AvgIpc) is 1.88. The van der Waals surface area contributed by atoms with Crippen LogP contribution in [0.2, 0.25) is 0 Å². The number of nitrogens with two attached hydrogens (primary N) is 1. The van der Waals surface area contributed by atoms with Gasteiger partial charge in [-0.25, -0.2) is 0 Å². The predicted molar refractivity (Wildman–Crippen MR) is 43.2 cm³/mol. The summed E-state index contributed by atoms with van der Waals surface area (Å²) in [4.78, 5) is 0.627. The first-order valence-electron chi connectivity index (χ1n) is 2.73. The van der Waals surface area contributed by atoms with Gasteiger partial charge in [0, 0.05) is 4.90 Å². The van der Waals surface area contributed by atoms with Gasteiger partial charge < -0.3 is 10.5 Å². The number of aromatic hydroxyl groups is 1. The molecule has 0 saturated carbocycles. The van der Waals surface area contributed by atoms with E-state index in [-0.39, 0.29) is 5.75 Å². The molecule has 10 heavy (non-hydrogen) atoms. The fourth-order valence-corrected chi connectivity index (χ4v) is 0.941. The monoisotopic (exact) mass is 156 g/mol. The van der Waals surface area contributed by atoms with E-state index in [2.05, 4.69) is 18.1 Å². The summed E-state index contributed by atoms with van der Waals surface area (Å²) >= 11 is 4.05. The van der Waals surface area contributed by atoms with Gasteiger partial charge in [-0.05, 0) is 12.1 Å². The van der Waals surface area contributed by atoms with Gasteiger partial charge in [0.1, 0.15) is 11.4 Å². The minimum absolute atomic E-state index is 0.106. The second-order valence-corrected chi connectivity index (χ2v) is 2.30. The van der Waals surface area contributed by atoms with Crippen molar-refractivity contribution in [3.8, 4) is 5.75 Å². The quantitative estimate of drug-likeness (QED) is 0.212. The molecule has 0 fully saturated rings. The fourth-order valence-electron chi connectivity index (χ4n) is 0.676. The van der Waals surface area contributed by atoms with Crippen molar-refractivity contribution in [2.45, 2.75) is 4.90 Å². The van der Waals surface area contributed by atoms with Crippen LogP contribution in [0.25, 0.3) is 0 Å². The zero-order chi connectivity index (χ0) is 7.56. The van der Waals surface area contributed by atoms with Crippen LogP contribution in [0.15, 0.2) is 23.1 Å². The van der Waals surface area contributed by atoms with Gasteiger partial charge in [-0.15, -0.1) is 12.6 Å². The number of nitrogen functional groups attached to an aromatic ring is 1. The first-order chi connectivity index (χ1) is 4.75. The Morgan fingerprint density at radius 3 is 2.60 bits per heavy atom. The maximum Gasteiger partial charge on any atom is 0.141 e. The summed E-state index contributed by atoms with van der Waals surface area (Å²) < 4.78 is 0. The first-order valence-corrected chi connectivity index (χ1v) is 3.18. The van der Waals surface area contributed by atoms with E-state index in [0.29, 0.717) is 10.6 Å². The van der Waals surface area contributed by atoms with Crippen LogP contribution in [-0.4, -0.2) is 5.11 Å². The van der Waals surface area contributed by atoms with Crippen molar-refractivity contribution in [1.29, 1.82) is 0 Å². The van der Waals surface area contributed by atoms with Crippen LogP contribution in [-0.2, 0) is 0 Å². The van der Waals surface area contributed by atoms with E-state index in [1.165, 1.54) is 6.07 Å². The summed E-state index contributed by atoms with van der Waals surface area (Å²) in [5, 5.41) is 9.10. The number of nitrogens with one attached hydrogen (secondary N) is 1. The highest BCUT2D eigenvalue weighted by Gasteiger charge is 2.00. The number of hydrogen-bond donors (Lipinski definition) is 4. The first kappa shape index (κ1) is 7.24. The minimum atomic E-state index is 0.106. The minimum Gasteiger partial charge on any atom is -0.506 e. The van der Waals surface area contributed by atoms with Gasteiger partial charge in [0.2, 0.25) is 0 Å². The van der Waals surface area contributed by atoms with Crippen LogP contribution in [0, 0.1) is 0 Å². The predicted octanol–water partition coefficient (Wildman–Crippen LogP) is 0.966. The standard InChI is InChI=1S/C6H8N2OS/c7-8-6-4(9)2-1-3-5(6)10/h1-3,8-10H,7H2. The Bertz CT molecular complexity index is 219. The fraction of sp³-hybridized carbons (Fsp3) is 0. The molecule has 0 bridgehead atoms. The number of rotatable bonds is 1. The molecule has 0 amide bonds. The molecule has 1 rings (SSSR count). The Balaban J connectivity index is 3.17. The number of hydrazine groups is 1. The van der Waals surface area contributed by atoms with Crippen molar-refractivity contribution in [3.05, 3.63) is 18.2 Å². The number of thiol groups is 1. The number of benzene rings is 1. The molecular weight excluding hydrogens is 148 g/mol. The van der Waals surface area contributed by atoms with Gasteiger partial charge in [0.15, 0.2) is 0 Å². The molecule has 0 aliphatic rings. The number of phenolic OH excluding ortho intramolecular Hbond substituents is 1. The van der Waals surface area contributed by atoms with E-state index in [1.54, 1.807) is 12.1 Å². The maximum absolute atomic E-state index is 9.10. The summed E-state index contributed by atoms with van der Waals surface area (Å²) in [5.41, 5.74) is 2.79. The van der Waals surface area contributed by atoms with Crippen molar-refractivity contribution in [1.82, 2.24) is 0 Å². The zero-order valence-corrected chi connectivity index (χ0v) is 6.10. The topological polar surface area (TPSA) is 58.3 Å². The third-order valence-corrected chi connectivity index (χ3v) is 1.54. The van der Waals surface area contributed by atoms with E-state index in [4.69, 9.17) is 10.9 Å². The molecule has 0 heterocycles. The van der Waals surface area contributed by atoms with Crippen molar-refractivity contribution >= 4 is 18.3 Å². The van der Waals surface area contributed by atoms with Gasteiger partial charge in [0.25, 0.3) is 0 Å². The molecule has 0 spiro atoms. The molecule has 1 aromatic rings. The van der Waals surface area contributed by atoms with Gasteiger partial charge in [0.05, 0.1) is 0 Å². The maximum atomic E-state index is 9.10. The van der Waals surface area contributed by atoms with Gasteiger partial charge in [-0.2, -0.15) is 0 Å². The highest BCUT2D eigenvalue weighted by Crippen LogP contribution is 2.28. The van der Waals surface area contributed by atoms with Crippen molar-refractivity contribution in [2.75, 3.05) is 5.43 Å². The molecule has 4 heteroatoms. The number of phenols is 1. The lowest BCUT2D eigenvalue weighted by molar-refractivity contribution is 0.476. The molecule has 0 atom stereocenters. The van der Waals surface area contributed by atoms with Crippen LogP contribution in [0.1, 0.15) is 0 Å². The SMILES string of the molecule is NNc1c(O)cccc1S.